The van der Waals surface area contributed by atoms with Crippen molar-refractivity contribution in [1.29, 1.82) is 0 Å². The summed E-state index contributed by atoms with van der Waals surface area (Å²) in [5, 5.41) is 4.45. The van der Waals surface area contributed by atoms with Gasteiger partial charge in [-0.3, -0.25) is 4.79 Å². The zero-order chi connectivity index (χ0) is 13.8. The van der Waals surface area contributed by atoms with Crippen molar-refractivity contribution in [2.75, 3.05) is 11.1 Å². The van der Waals surface area contributed by atoms with Crippen molar-refractivity contribution in [3.8, 4) is 0 Å². The van der Waals surface area contributed by atoms with Crippen LogP contribution in [0.2, 0.25) is 0 Å². The molecule has 4 nitrogen and oxygen atoms in total. The van der Waals surface area contributed by atoms with E-state index in [9.17, 15) is 4.79 Å². The summed E-state index contributed by atoms with van der Waals surface area (Å²) in [7, 11) is 0. The standard InChI is InChI=1S/C14H17N3OS/c1-4-19-14-15-11-8-6-5-7-10(11)12(17-14)16-13(18)9(2)3/h5-9H,4H2,1-3H3,(H,15,16,17,18). The summed E-state index contributed by atoms with van der Waals surface area (Å²) < 4.78 is 0. The zero-order valence-corrected chi connectivity index (χ0v) is 12.1. The third-order valence-corrected chi connectivity index (χ3v) is 3.35. The molecule has 0 saturated heterocycles. The van der Waals surface area contributed by atoms with Crippen LogP contribution in [-0.4, -0.2) is 21.6 Å². The molecule has 0 atom stereocenters. The lowest BCUT2D eigenvalue weighted by Gasteiger charge is -2.10. The smallest absolute Gasteiger partial charge is 0.228 e. The van der Waals surface area contributed by atoms with Gasteiger partial charge in [0, 0.05) is 11.3 Å². The van der Waals surface area contributed by atoms with Gasteiger partial charge >= 0.3 is 0 Å². The van der Waals surface area contributed by atoms with Crippen LogP contribution >= 0.6 is 11.8 Å². The Morgan fingerprint density at radius 2 is 2.05 bits per heavy atom. The molecule has 0 aliphatic heterocycles. The number of hydrogen-bond acceptors (Lipinski definition) is 4. The van der Waals surface area contributed by atoms with Crippen LogP contribution in [0.15, 0.2) is 29.4 Å². The lowest BCUT2D eigenvalue weighted by atomic mass is 10.2. The first-order valence-electron chi connectivity index (χ1n) is 6.32. The molecule has 0 radical (unpaired) electrons. The number of carbonyl (C=O) groups excluding carboxylic acids is 1. The molecule has 2 rings (SSSR count). The molecule has 0 bridgehead atoms. The van der Waals surface area contributed by atoms with Gasteiger partial charge in [-0.15, -0.1) is 0 Å². The van der Waals surface area contributed by atoms with E-state index in [1.807, 2.05) is 38.1 Å². The lowest BCUT2D eigenvalue weighted by molar-refractivity contribution is -0.118. The molecule has 2 aromatic rings. The third-order valence-electron chi connectivity index (χ3n) is 2.62. The molecule has 1 N–H and O–H groups in total. The second-order valence-electron chi connectivity index (χ2n) is 4.45. The van der Waals surface area contributed by atoms with E-state index in [0.29, 0.717) is 11.0 Å². The number of benzene rings is 1. The molecule has 1 heterocycles. The lowest BCUT2D eigenvalue weighted by Crippen LogP contribution is -2.19. The summed E-state index contributed by atoms with van der Waals surface area (Å²) in [6.45, 7) is 5.77. The van der Waals surface area contributed by atoms with Gasteiger partial charge in [-0.2, -0.15) is 0 Å². The summed E-state index contributed by atoms with van der Waals surface area (Å²) in [5.74, 6) is 1.39. The van der Waals surface area contributed by atoms with E-state index in [2.05, 4.69) is 22.2 Å². The molecule has 19 heavy (non-hydrogen) atoms. The maximum absolute atomic E-state index is 11.8. The van der Waals surface area contributed by atoms with Gasteiger partial charge in [-0.25, -0.2) is 9.97 Å². The van der Waals surface area contributed by atoms with Gasteiger partial charge < -0.3 is 5.32 Å². The number of amides is 1. The van der Waals surface area contributed by atoms with E-state index in [1.54, 1.807) is 11.8 Å². The maximum atomic E-state index is 11.8. The molecule has 1 aromatic heterocycles. The SMILES string of the molecule is CCSc1nc(NC(=O)C(C)C)c2ccccc2n1. The Morgan fingerprint density at radius 1 is 1.32 bits per heavy atom. The number of aromatic nitrogens is 2. The minimum atomic E-state index is -0.0731. The summed E-state index contributed by atoms with van der Waals surface area (Å²) in [5.41, 5.74) is 0.854. The van der Waals surface area contributed by atoms with Crippen LogP contribution in [0, 0.1) is 5.92 Å². The molecule has 0 aliphatic rings. The summed E-state index contributed by atoms with van der Waals surface area (Å²) in [6, 6.07) is 7.71. The van der Waals surface area contributed by atoms with Crippen molar-refractivity contribution >= 4 is 34.4 Å². The Bertz CT molecular complexity index is 598. The normalized spacial score (nSPS) is 10.9. The Hall–Kier alpha value is -1.62. The number of thioether (sulfide) groups is 1. The Kier molecular flexibility index (Phi) is 4.37. The van der Waals surface area contributed by atoms with Gasteiger partial charge in [0.25, 0.3) is 0 Å². The van der Waals surface area contributed by atoms with Crippen molar-refractivity contribution in [1.82, 2.24) is 9.97 Å². The van der Waals surface area contributed by atoms with E-state index < -0.39 is 0 Å². The van der Waals surface area contributed by atoms with Crippen molar-refractivity contribution in [2.45, 2.75) is 25.9 Å². The highest BCUT2D eigenvalue weighted by Crippen LogP contribution is 2.24. The highest BCUT2D eigenvalue weighted by molar-refractivity contribution is 7.99. The summed E-state index contributed by atoms with van der Waals surface area (Å²) >= 11 is 1.57. The van der Waals surface area contributed by atoms with Crippen LogP contribution < -0.4 is 5.32 Å². The molecule has 100 valence electrons. The highest BCUT2D eigenvalue weighted by atomic mass is 32.2. The number of fused-ring (bicyclic) bond motifs is 1. The van der Waals surface area contributed by atoms with E-state index in [4.69, 9.17) is 0 Å². The number of hydrogen-bond donors (Lipinski definition) is 1. The number of para-hydroxylation sites is 1. The monoisotopic (exact) mass is 275 g/mol. The highest BCUT2D eigenvalue weighted by Gasteiger charge is 2.12. The average Bonchev–Trinajstić information content (AvgIpc) is 2.39. The Labute approximate surface area is 117 Å². The Balaban J connectivity index is 2.47. The van der Waals surface area contributed by atoms with Crippen molar-refractivity contribution in [2.24, 2.45) is 5.92 Å². The van der Waals surface area contributed by atoms with Gasteiger partial charge in [-0.05, 0) is 17.9 Å². The van der Waals surface area contributed by atoms with E-state index in [1.165, 1.54) is 0 Å². The molecular formula is C14H17N3OS. The first kappa shape index (κ1) is 13.8. The quantitative estimate of drug-likeness (QED) is 0.687. The fraction of sp³-hybridized carbons (Fsp3) is 0.357. The minimum Gasteiger partial charge on any atom is -0.310 e. The van der Waals surface area contributed by atoms with Crippen LogP contribution in [0.1, 0.15) is 20.8 Å². The van der Waals surface area contributed by atoms with Crippen molar-refractivity contribution < 1.29 is 4.79 Å². The van der Waals surface area contributed by atoms with Crippen molar-refractivity contribution in [3.05, 3.63) is 24.3 Å². The zero-order valence-electron chi connectivity index (χ0n) is 11.3. The van der Waals surface area contributed by atoms with Gasteiger partial charge in [0.15, 0.2) is 5.16 Å². The topological polar surface area (TPSA) is 54.9 Å². The first-order chi connectivity index (χ1) is 9.11. The largest absolute Gasteiger partial charge is 0.310 e. The number of anilines is 1. The molecular weight excluding hydrogens is 258 g/mol. The van der Waals surface area contributed by atoms with Crippen LogP contribution in [-0.2, 0) is 4.79 Å². The molecule has 0 aliphatic carbocycles. The first-order valence-corrected chi connectivity index (χ1v) is 7.30. The number of rotatable bonds is 4. The molecule has 1 aromatic carbocycles. The van der Waals surface area contributed by atoms with Gasteiger partial charge in [-0.1, -0.05) is 44.7 Å². The molecule has 0 saturated carbocycles. The molecule has 0 fully saturated rings. The van der Waals surface area contributed by atoms with Crippen LogP contribution in [0.3, 0.4) is 0 Å². The van der Waals surface area contributed by atoms with Gasteiger partial charge in [0.2, 0.25) is 5.91 Å². The predicted octanol–water partition coefficient (Wildman–Crippen LogP) is 3.34. The molecule has 0 spiro atoms. The van der Waals surface area contributed by atoms with Crippen LogP contribution in [0.5, 0.6) is 0 Å². The predicted molar refractivity (Wildman–Crippen MR) is 79.4 cm³/mol. The molecule has 0 unspecified atom stereocenters. The number of nitrogens with zero attached hydrogens (tertiary/aromatic N) is 2. The fourth-order valence-corrected chi connectivity index (χ4v) is 2.18. The van der Waals surface area contributed by atoms with Crippen LogP contribution in [0.4, 0.5) is 5.82 Å². The number of carbonyl (C=O) groups is 1. The minimum absolute atomic E-state index is 0.0312. The Morgan fingerprint density at radius 3 is 2.74 bits per heavy atom. The van der Waals surface area contributed by atoms with Gasteiger partial charge in [0.05, 0.1) is 5.52 Å². The average molecular weight is 275 g/mol. The summed E-state index contributed by atoms with van der Waals surface area (Å²) in [6.07, 6.45) is 0. The third kappa shape index (κ3) is 3.23. The second kappa shape index (κ2) is 6.02. The number of nitrogens with one attached hydrogen (secondary N) is 1. The maximum Gasteiger partial charge on any atom is 0.228 e. The van der Waals surface area contributed by atoms with Crippen molar-refractivity contribution in [3.63, 3.8) is 0 Å². The molecule has 5 heteroatoms. The second-order valence-corrected chi connectivity index (χ2v) is 5.68. The van der Waals surface area contributed by atoms with Gasteiger partial charge in [0.1, 0.15) is 5.82 Å². The van der Waals surface area contributed by atoms with E-state index >= 15 is 0 Å². The molecule has 1 amide bonds. The fourth-order valence-electron chi connectivity index (χ4n) is 1.61. The summed E-state index contributed by atoms with van der Waals surface area (Å²) in [4.78, 5) is 20.8. The van der Waals surface area contributed by atoms with E-state index in [-0.39, 0.29) is 11.8 Å². The van der Waals surface area contributed by atoms with E-state index in [0.717, 1.165) is 16.7 Å². The van der Waals surface area contributed by atoms with Crippen LogP contribution in [0.25, 0.3) is 10.9 Å².